The van der Waals surface area contributed by atoms with E-state index in [0.29, 0.717) is 37.5 Å². The van der Waals surface area contributed by atoms with Gasteiger partial charge in [0.15, 0.2) is 0 Å². The molecule has 4 nitrogen and oxygen atoms in total. The molecule has 0 spiro atoms. The highest BCUT2D eigenvalue weighted by atomic mass is 35.5. The summed E-state index contributed by atoms with van der Waals surface area (Å²) >= 11 is 5.93. The summed E-state index contributed by atoms with van der Waals surface area (Å²) in [5, 5.41) is 0.701. The molecule has 0 fully saturated rings. The van der Waals surface area contributed by atoms with Crippen molar-refractivity contribution in [2.75, 3.05) is 13.2 Å². The van der Waals surface area contributed by atoms with Gasteiger partial charge in [-0.3, -0.25) is 9.59 Å². The second-order valence-corrected chi connectivity index (χ2v) is 7.23. The maximum Gasteiger partial charge on any atom is 0.305 e. The van der Waals surface area contributed by atoms with Crippen LogP contribution in [0.4, 0.5) is 0 Å². The van der Waals surface area contributed by atoms with Crippen LogP contribution in [0.3, 0.4) is 0 Å². The van der Waals surface area contributed by atoms with Gasteiger partial charge in [-0.15, -0.1) is 0 Å². The molecule has 0 aliphatic heterocycles. The van der Waals surface area contributed by atoms with E-state index in [-0.39, 0.29) is 11.9 Å². The van der Waals surface area contributed by atoms with Crippen molar-refractivity contribution in [2.24, 2.45) is 0 Å². The fraction of sp³-hybridized carbons (Fsp3) is 0.636. The molecule has 0 heterocycles. The minimum absolute atomic E-state index is 0.0797. The molecule has 0 radical (unpaired) electrons. The van der Waals surface area contributed by atoms with Crippen LogP contribution in [-0.2, 0) is 25.5 Å². The van der Waals surface area contributed by atoms with E-state index in [1.54, 1.807) is 0 Å². The molecule has 0 aliphatic carbocycles. The molecule has 0 bridgehead atoms. The normalized spacial score (nSPS) is 10.6. The lowest BCUT2D eigenvalue weighted by molar-refractivity contribution is -0.144. The van der Waals surface area contributed by atoms with E-state index in [1.807, 2.05) is 24.3 Å². The number of hydrogen-bond donors (Lipinski definition) is 0. The molecule has 0 aromatic heterocycles. The van der Waals surface area contributed by atoms with Gasteiger partial charge < -0.3 is 9.47 Å². The third-order valence-corrected chi connectivity index (χ3v) is 4.55. The number of unbranched alkanes of at least 4 members (excludes halogenated alkanes) is 6. The van der Waals surface area contributed by atoms with E-state index in [0.717, 1.165) is 56.9 Å². The third kappa shape index (κ3) is 13.3. The Morgan fingerprint density at radius 1 is 0.852 bits per heavy atom. The molecule has 0 N–H and O–H groups in total. The summed E-state index contributed by atoms with van der Waals surface area (Å²) in [7, 11) is 0. The minimum Gasteiger partial charge on any atom is -0.466 e. The Hall–Kier alpha value is -1.55. The molecule has 152 valence electrons. The van der Waals surface area contributed by atoms with Gasteiger partial charge in [-0.2, -0.15) is 0 Å². The van der Waals surface area contributed by atoms with Gasteiger partial charge in [-0.05, 0) is 37.0 Å². The summed E-state index contributed by atoms with van der Waals surface area (Å²) < 4.78 is 10.4. The zero-order valence-electron chi connectivity index (χ0n) is 16.5. The summed E-state index contributed by atoms with van der Waals surface area (Å²) in [4.78, 5) is 23.2. The number of halogens is 1. The largest absolute Gasteiger partial charge is 0.466 e. The molecule has 1 rings (SSSR count). The van der Waals surface area contributed by atoms with Crippen LogP contribution in [0.25, 0.3) is 0 Å². The van der Waals surface area contributed by atoms with Gasteiger partial charge in [0.25, 0.3) is 0 Å². The van der Waals surface area contributed by atoms with Crippen LogP contribution in [0.2, 0.25) is 5.02 Å². The highest BCUT2D eigenvalue weighted by Gasteiger charge is 2.04. The van der Waals surface area contributed by atoms with Crippen molar-refractivity contribution in [3.63, 3.8) is 0 Å². The maximum atomic E-state index is 11.7. The summed E-state index contributed by atoms with van der Waals surface area (Å²) in [6.07, 6.45) is 9.63. The number of carbonyl (C=O) groups excluding carboxylic acids is 2. The summed E-state index contributed by atoms with van der Waals surface area (Å²) in [5.41, 5.74) is 1.07. The van der Waals surface area contributed by atoms with Gasteiger partial charge in [0.1, 0.15) is 0 Å². The number of ether oxygens (including phenoxy) is 2. The quantitative estimate of drug-likeness (QED) is 0.274. The number of esters is 2. The highest BCUT2D eigenvalue weighted by Crippen LogP contribution is 2.12. The lowest BCUT2D eigenvalue weighted by atomic mass is 10.1. The van der Waals surface area contributed by atoms with E-state index in [4.69, 9.17) is 21.1 Å². The van der Waals surface area contributed by atoms with E-state index in [9.17, 15) is 9.59 Å². The van der Waals surface area contributed by atoms with E-state index in [2.05, 4.69) is 6.92 Å². The van der Waals surface area contributed by atoms with Crippen molar-refractivity contribution < 1.29 is 19.1 Å². The molecule has 0 saturated heterocycles. The second-order valence-electron chi connectivity index (χ2n) is 6.80. The number of benzene rings is 1. The molecule has 0 atom stereocenters. The Bertz CT molecular complexity index is 545. The lowest BCUT2D eigenvalue weighted by Gasteiger charge is -2.06. The Morgan fingerprint density at radius 2 is 1.44 bits per heavy atom. The average Bonchev–Trinajstić information content (AvgIpc) is 2.64. The number of rotatable bonds is 15. The van der Waals surface area contributed by atoms with Gasteiger partial charge in [-0.25, -0.2) is 0 Å². The average molecular weight is 397 g/mol. The third-order valence-electron chi connectivity index (χ3n) is 4.32. The Labute approximate surface area is 168 Å². The Balaban J connectivity index is 1.90. The SMILES string of the molecule is CCCCOC(=O)CCCCCCCCC(=O)OCCc1cccc(Cl)c1. The van der Waals surface area contributed by atoms with Crippen LogP contribution in [0.15, 0.2) is 24.3 Å². The smallest absolute Gasteiger partial charge is 0.305 e. The predicted molar refractivity (Wildman–Crippen MR) is 109 cm³/mol. The van der Waals surface area contributed by atoms with Crippen molar-refractivity contribution in [3.05, 3.63) is 34.9 Å². The maximum absolute atomic E-state index is 11.7. The van der Waals surface area contributed by atoms with Crippen LogP contribution in [0, 0.1) is 0 Å². The van der Waals surface area contributed by atoms with Crippen LogP contribution in [0.5, 0.6) is 0 Å². The van der Waals surface area contributed by atoms with E-state index >= 15 is 0 Å². The molecule has 0 aliphatic rings. The van der Waals surface area contributed by atoms with E-state index < -0.39 is 0 Å². The van der Waals surface area contributed by atoms with Crippen LogP contribution < -0.4 is 0 Å². The summed E-state index contributed by atoms with van der Waals surface area (Å²) in [5.74, 6) is -0.212. The summed E-state index contributed by atoms with van der Waals surface area (Å²) in [6, 6.07) is 7.59. The molecular formula is C22H33ClO4. The van der Waals surface area contributed by atoms with Gasteiger partial charge in [0.05, 0.1) is 13.2 Å². The number of hydrogen-bond acceptors (Lipinski definition) is 4. The minimum atomic E-state index is -0.133. The molecule has 5 heteroatoms. The molecule has 27 heavy (non-hydrogen) atoms. The predicted octanol–water partition coefficient (Wildman–Crippen LogP) is 5.89. The number of carbonyl (C=O) groups is 2. The first-order chi connectivity index (χ1) is 13.1. The van der Waals surface area contributed by atoms with Crippen LogP contribution in [0.1, 0.15) is 76.7 Å². The zero-order chi connectivity index (χ0) is 19.7. The second kappa shape index (κ2) is 15.5. The first-order valence-corrected chi connectivity index (χ1v) is 10.5. The topological polar surface area (TPSA) is 52.6 Å². The molecular weight excluding hydrogens is 364 g/mol. The van der Waals surface area contributed by atoms with Crippen molar-refractivity contribution >= 4 is 23.5 Å². The van der Waals surface area contributed by atoms with Crippen molar-refractivity contribution in [1.29, 1.82) is 0 Å². The van der Waals surface area contributed by atoms with Crippen molar-refractivity contribution in [2.45, 2.75) is 77.6 Å². The van der Waals surface area contributed by atoms with Crippen molar-refractivity contribution in [3.8, 4) is 0 Å². The standard InChI is InChI=1S/C22H33ClO4/c1-2-3-16-26-21(24)13-8-6-4-5-7-9-14-22(25)27-17-15-19-11-10-12-20(23)18-19/h10-12,18H,2-9,13-17H2,1H3. The monoisotopic (exact) mass is 396 g/mol. The van der Waals surface area contributed by atoms with E-state index in [1.165, 1.54) is 0 Å². The molecule has 0 amide bonds. The lowest BCUT2D eigenvalue weighted by Crippen LogP contribution is -2.07. The molecule has 1 aromatic rings. The zero-order valence-corrected chi connectivity index (χ0v) is 17.3. The van der Waals surface area contributed by atoms with Gasteiger partial charge in [0, 0.05) is 24.3 Å². The van der Waals surface area contributed by atoms with Crippen LogP contribution >= 0.6 is 11.6 Å². The molecule has 0 unspecified atom stereocenters. The fourth-order valence-corrected chi connectivity index (χ4v) is 2.91. The Kier molecular flexibility index (Phi) is 13.5. The first-order valence-electron chi connectivity index (χ1n) is 10.2. The summed E-state index contributed by atoms with van der Waals surface area (Å²) in [6.45, 7) is 3.02. The van der Waals surface area contributed by atoms with Gasteiger partial charge >= 0.3 is 11.9 Å². The highest BCUT2D eigenvalue weighted by molar-refractivity contribution is 6.30. The fourth-order valence-electron chi connectivity index (χ4n) is 2.70. The molecule has 1 aromatic carbocycles. The van der Waals surface area contributed by atoms with Crippen molar-refractivity contribution in [1.82, 2.24) is 0 Å². The first kappa shape index (κ1) is 23.5. The molecule has 0 saturated carbocycles. The van der Waals surface area contributed by atoms with Gasteiger partial charge in [-0.1, -0.05) is 62.8 Å². The van der Waals surface area contributed by atoms with Gasteiger partial charge in [0.2, 0.25) is 0 Å². The Morgan fingerprint density at radius 3 is 2.04 bits per heavy atom. The van der Waals surface area contributed by atoms with Crippen LogP contribution in [-0.4, -0.2) is 25.2 Å².